The second-order valence-electron chi connectivity index (χ2n) is 6.20. The summed E-state index contributed by atoms with van der Waals surface area (Å²) >= 11 is 1.71. The Morgan fingerprint density at radius 1 is 1.26 bits per heavy atom. The van der Waals surface area contributed by atoms with E-state index in [-0.39, 0.29) is 36.0 Å². The molecule has 8 heteroatoms. The van der Waals surface area contributed by atoms with Gasteiger partial charge in [0.15, 0.2) is 0 Å². The van der Waals surface area contributed by atoms with Crippen molar-refractivity contribution < 1.29 is 24.2 Å². The van der Waals surface area contributed by atoms with Gasteiger partial charge in [0, 0.05) is 30.8 Å². The number of anilines is 1. The van der Waals surface area contributed by atoms with Crippen LogP contribution in [0.25, 0.3) is 0 Å². The van der Waals surface area contributed by atoms with Crippen LogP contribution in [0.3, 0.4) is 0 Å². The molecule has 0 saturated carbocycles. The molecule has 2 amide bonds. The van der Waals surface area contributed by atoms with Crippen LogP contribution in [-0.4, -0.2) is 41.4 Å². The molecule has 0 unspecified atom stereocenters. The maximum absolute atomic E-state index is 12.4. The molecular formula is C19H20N2O5S. The first-order chi connectivity index (χ1) is 13.0. The van der Waals surface area contributed by atoms with Gasteiger partial charge in [-0.25, -0.2) is 4.79 Å². The molecule has 1 aliphatic rings. The number of aromatic carboxylic acids is 1. The molecule has 0 saturated heterocycles. The van der Waals surface area contributed by atoms with Gasteiger partial charge in [-0.15, -0.1) is 11.3 Å². The maximum Gasteiger partial charge on any atom is 0.335 e. The predicted octanol–water partition coefficient (Wildman–Crippen LogP) is 2.76. The molecule has 0 atom stereocenters. The summed E-state index contributed by atoms with van der Waals surface area (Å²) < 4.78 is 5.13. The zero-order valence-electron chi connectivity index (χ0n) is 14.9. The molecule has 27 heavy (non-hydrogen) atoms. The van der Waals surface area contributed by atoms with E-state index >= 15 is 0 Å². The van der Waals surface area contributed by atoms with Crippen LogP contribution in [0.1, 0.15) is 33.6 Å². The quantitative estimate of drug-likeness (QED) is 0.793. The lowest BCUT2D eigenvalue weighted by Gasteiger charge is -2.27. The number of benzene rings is 1. The Morgan fingerprint density at radius 2 is 2.07 bits per heavy atom. The fraction of sp³-hybridized carbons (Fsp3) is 0.316. The molecule has 2 heterocycles. The van der Waals surface area contributed by atoms with E-state index in [0.717, 1.165) is 6.42 Å². The van der Waals surface area contributed by atoms with Crippen LogP contribution in [-0.2, 0) is 22.6 Å². The summed E-state index contributed by atoms with van der Waals surface area (Å²) in [6, 6.07) is 6.25. The summed E-state index contributed by atoms with van der Waals surface area (Å²) in [5.41, 5.74) is 1.63. The molecule has 0 bridgehead atoms. The smallest absolute Gasteiger partial charge is 0.335 e. The molecule has 1 aliphatic heterocycles. The van der Waals surface area contributed by atoms with E-state index in [4.69, 9.17) is 9.84 Å². The highest BCUT2D eigenvalue weighted by atomic mass is 32.1. The van der Waals surface area contributed by atoms with Gasteiger partial charge in [-0.3, -0.25) is 9.59 Å². The lowest BCUT2D eigenvalue weighted by molar-refractivity contribution is -0.133. The van der Waals surface area contributed by atoms with E-state index in [2.05, 4.69) is 5.32 Å². The first-order valence-electron chi connectivity index (χ1n) is 8.52. The molecule has 142 valence electrons. The number of ether oxygens (including phenoxy) is 1. The van der Waals surface area contributed by atoms with Crippen molar-refractivity contribution in [3.8, 4) is 5.75 Å². The van der Waals surface area contributed by atoms with Gasteiger partial charge >= 0.3 is 5.97 Å². The van der Waals surface area contributed by atoms with Crippen LogP contribution in [0.4, 0.5) is 5.69 Å². The maximum atomic E-state index is 12.4. The zero-order valence-corrected chi connectivity index (χ0v) is 15.7. The van der Waals surface area contributed by atoms with E-state index in [1.54, 1.807) is 16.2 Å². The van der Waals surface area contributed by atoms with Crippen LogP contribution in [0, 0.1) is 0 Å². The fourth-order valence-electron chi connectivity index (χ4n) is 2.98. The van der Waals surface area contributed by atoms with E-state index in [0.29, 0.717) is 18.8 Å². The van der Waals surface area contributed by atoms with Gasteiger partial charge in [0.1, 0.15) is 5.75 Å². The lowest BCUT2D eigenvalue weighted by Crippen LogP contribution is -2.35. The highest BCUT2D eigenvalue weighted by Gasteiger charge is 2.22. The average Bonchev–Trinajstić information content (AvgIpc) is 3.14. The largest absolute Gasteiger partial charge is 0.495 e. The van der Waals surface area contributed by atoms with Crippen LogP contribution in [0.5, 0.6) is 5.75 Å². The minimum Gasteiger partial charge on any atom is -0.495 e. The van der Waals surface area contributed by atoms with Crippen LogP contribution >= 0.6 is 11.3 Å². The number of fused-ring (bicyclic) bond motifs is 1. The number of thiophene rings is 1. The number of carbonyl (C=O) groups excluding carboxylic acids is 2. The minimum absolute atomic E-state index is 0.0461. The summed E-state index contributed by atoms with van der Waals surface area (Å²) in [5.74, 6) is -1.18. The monoisotopic (exact) mass is 388 g/mol. The molecule has 0 spiro atoms. The second-order valence-corrected chi connectivity index (χ2v) is 7.20. The first kappa shape index (κ1) is 18.9. The Morgan fingerprint density at radius 3 is 2.81 bits per heavy atom. The van der Waals surface area contributed by atoms with Crippen LogP contribution < -0.4 is 10.1 Å². The summed E-state index contributed by atoms with van der Waals surface area (Å²) in [6.07, 6.45) is 1.04. The third-order valence-electron chi connectivity index (χ3n) is 4.45. The number of nitrogens with zero attached hydrogens (tertiary/aromatic N) is 1. The first-order valence-corrected chi connectivity index (χ1v) is 9.40. The van der Waals surface area contributed by atoms with Gasteiger partial charge in [-0.1, -0.05) is 0 Å². The molecule has 3 rings (SSSR count). The molecule has 0 aliphatic carbocycles. The van der Waals surface area contributed by atoms with Crippen molar-refractivity contribution in [2.75, 3.05) is 19.0 Å². The number of carbonyl (C=O) groups is 3. The zero-order chi connectivity index (χ0) is 19.4. The topological polar surface area (TPSA) is 95.9 Å². The van der Waals surface area contributed by atoms with Crippen LogP contribution in [0.2, 0.25) is 0 Å². The third-order valence-corrected chi connectivity index (χ3v) is 5.47. The van der Waals surface area contributed by atoms with Gasteiger partial charge in [-0.2, -0.15) is 0 Å². The number of amides is 2. The van der Waals surface area contributed by atoms with Crippen molar-refractivity contribution >= 4 is 34.8 Å². The lowest BCUT2D eigenvalue weighted by atomic mass is 10.1. The molecule has 2 aromatic rings. The standard InChI is InChI=1S/C19H20N2O5S/c1-26-15-10-12(19(24)25)2-3-14(15)20-17(22)4-5-18(23)21-8-6-16-13(11-21)7-9-27-16/h2-3,7,9-10H,4-6,8,11H2,1H3,(H,20,22)(H,24,25). The van der Waals surface area contributed by atoms with Crippen molar-refractivity contribution in [3.63, 3.8) is 0 Å². The van der Waals surface area contributed by atoms with Crippen molar-refractivity contribution in [1.82, 2.24) is 4.90 Å². The Bertz CT molecular complexity index is 877. The minimum atomic E-state index is -1.08. The predicted molar refractivity (Wildman–Crippen MR) is 101 cm³/mol. The van der Waals surface area contributed by atoms with Crippen molar-refractivity contribution in [2.24, 2.45) is 0 Å². The molecule has 1 aromatic carbocycles. The van der Waals surface area contributed by atoms with Gasteiger partial charge in [0.05, 0.1) is 18.4 Å². The molecule has 0 radical (unpaired) electrons. The van der Waals surface area contributed by atoms with Gasteiger partial charge in [0.25, 0.3) is 0 Å². The van der Waals surface area contributed by atoms with Gasteiger partial charge in [-0.05, 0) is 41.6 Å². The van der Waals surface area contributed by atoms with E-state index in [9.17, 15) is 14.4 Å². The van der Waals surface area contributed by atoms with Crippen LogP contribution in [0.15, 0.2) is 29.6 Å². The summed E-state index contributed by atoms with van der Waals surface area (Å²) in [6.45, 7) is 1.28. The molecule has 2 N–H and O–H groups in total. The summed E-state index contributed by atoms with van der Waals surface area (Å²) in [5, 5.41) is 13.7. The average molecular weight is 388 g/mol. The van der Waals surface area contributed by atoms with Crippen molar-refractivity contribution in [3.05, 3.63) is 45.6 Å². The van der Waals surface area contributed by atoms with Gasteiger partial charge in [0.2, 0.25) is 11.8 Å². The number of methoxy groups -OCH3 is 1. The number of carboxylic acids is 1. The van der Waals surface area contributed by atoms with E-state index < -0.39 is 5.97 Å². The number of hydrogen-bond donors (Lipinski definition) is 2. The molecule has 1 aromatic heterocycles. The number of rotatable bonds is 6. The Hall–Kier alpha value is -2.87. The Balaban J connectivity index is 1.54. The number of nitrogens with one attached hydrogen (secondary N) is 1. The molecular weight excluding hydrogens is 368 g/mol. The number of carboxylic acid groups (broad SMARTS) is 1. The molecule has 7 nitrogen and oxygen atoms in total. The summed E-state index contributed by atoms with van der Waals surface area (Å²) in [7, 11) is 1.40. The highest BCUT2D eigenvalue weighted by Crippen LogP contribution is 2.26. The highest BCUT2D eigenvalue weighted by molar-refractivity contribution is 7.10. The van der Waals surface area contributed by atoms with Crippen molar-refractivity contribution in [2.45, 2.75) is 25.8 Å². The van der Waals surface area contributed by atoms with Gasteiger partial charge < -0.3 is 20.1 Å². The van der Waals surface area contributed by atoms with Crippen molar-refractivity contribution in [1.29, 1.82) is 0 Å². The fourth-order valence-corrected chi connectivity index (χ4v) is 3.87. The molecule has 0 fully saturated rings. The van der Waals surface area contributed by atoms with E-state index in [1.165, 1.54) is 35.7 Å². The Labute approximate surface area is 160 Å². The number of hydrogen-bond acceptors (Lipinski definition) is 5. The third kappa shape index (κ3) is 4.46. The second kappa shape index (κ2) is 8.22. The normalized spacial score (nSPS) is 13.0. The van der Waals surface area contributed by atoms with E-state index in [1.807, 2.05) is 11.4 Å². The summed E-state index contributed by atoms with van der Waals surface area (Å²) in [4.78, 5) is 38.7. The Kier molecular flexibility index (Phi) is 5.75. The SMILES string of the molecule is COc1cc(C(=O)O)ccc1NC(=O)CCC(=O)N1CCc2sccc2C1.